The quantitative estimate of drug-likeness (QED) is 0.807. The minimum atomic E-state index is 0.118. The predicted molar refractivity (Wildman–Crippen MR) is 64.9 cm³/mol. The van der Waals surface area contributed by atoms with Crippen molar-refractivity contribution < 1.29 is 0 Å². The van der Waals surface area contributed by atoms with Gasteiger partial charge in [-0.05, 0) is 23.8 Å². The van der Waals surface area contributed by atoms with Crippen molar-refractivity contribution in [3.05, 3.63) is 21.3 Å². The van der Waals surface area contributed by atoms with Gasteiger partial charge in [0, 0.05) is 10.9 Å². The first-order valence-electron chi connectivity index (χ1n) is 5.17. The summed E-state index contributed by atoms with van der Waals surface area (Å²) in [5, 5.41) is 2.83. The molecule has 1 unspecified atom stereocenters. The highest BCUT2D eigenvalue weighted by atomic mass is 35.5. The molecule has 80 valence electrons. The molecular weight excluding hydrogens is 214 g/mol. The number of thiophene rings is 1. The van der Waals surface area contributed by atoms with Gasteiger partial charge in [-0.1, -0.05) is 38.3 Å². The molecule has 2 N–H and O–H groups in total. The summed E-state index contributed by atoms with van der Waals surface area (Å²) in [4.78, 5) is 1.14. The second-order valence-electron chi connectivity index (χ2n) is 3.66. The molecule has 0 fully saturated rings. The fourth-order valence-electron chi connectivity index (χ4n) is 1.66. The minimum Gasteiger partial charge on any atom is -0.323 e. The van der Waals surface area contributed by atoms with Crippen molar-refractivity contribution in [3.63, 3.8) is 0 Å². The van der Waals surface area contributed by atoms with E-state index in [0.29, 0.717) is 0 Å². The van der Waals surface area contributed by atoms with Crippen LogP contribution in [-0.4, -0.2) is 0 Å². The van der Waals surface area contributed by atoms with Crippen LogP contribution in [0.25, 0.3) is 0 Å². The topological polar surface area (TPSA) is 26.0 Å². The van der Waals surface area contributed by atoms with Crippen LogP contribution in [0.4, 0.5) is 0 Å². The van der Waals surface area contributed by atoms with E-state index >= 15 is 0 Å². The van der Waals surface area contributed by atoms with E-state index in [2.05, 4.69) is 13.8 Å². The first-order valence-corrected chi connectivity index (χ1v) is 6.43. The molecule has 1 atom stereocenters. The van der Waals surface area contributed by atoms with E-state index in [-0.39, 0.29) is 6.04 Å². The number of hydrogen-bond donors (Lipinski definition) is 1. The molecule has 1 heterocycles. The van der Waals surface area contributed by atoms with Gasteiger partial charge in [0.05, 0.1) is 5.02 Å². The largest absolute Gasteiger partial charge is 0.323 e. The van der Waals surface area contributed by atoms with Gasteiger partial charge in [0.15, 0.2) is 0 Å². The Bertz CT molecular complexity index is 268. The van der Waals surface area contributed by atoms with Gasteiger partial charge < -0.3 is 5.73 Å². The maximum absolute atomic E-state index is 6.12. The molecule has 0 aliphatic carbocycles. The Morgan fingerprint density at radius 2 is 2.07 bits per heavy atom. The number of halogens is 1. The molecular formula is C11H18ClNS. The highest BCUT2D eigenvalue weighted by Gasteiger charge is 2.15. The first kappa shape index (κ1) is 12.0. The van der Waals surface area contributed by atoms with Crippen molar-refractivity contribution in [1.82, 2.24) is 0 Å². The molecule has 0 spiro atoms. The molecule has 1 rings (SSSR count). The molecule has 0 bridgehead atoms. The Morgan fingerprint density at radius 1 is 1.43 bits per heavy atom. The molecule has 1 nitrogen and oxygen atoms in total. The summed E-state index contributed by atoms with van der Waals surface area (Å²) >= 11 is 7.70. The Labute approximate surface area is 95.3 Å². The highest BCUT2D eigenvalue weighted by Crippen LogP contribution is 2.32. The Hall–Kier alpha value is -0.0500. The molecule has 1 aromatic heterocycles. The van der Waals surface area contributed by atoms with Crippen molar-refractivity contribution >= 4 is 22.9 Å². The van der Waals surface area contributed by atoms with E-state index in [1.807, 2.05) is 11.4 Å². The van der Waals surface area contributed by atoms with E-state index in [1.165, 1.54) is 12.8 Å². The highest BCUT2D eigenvalue weighted by molar-refractivity contribution is 7.10. The average molecular weight is 232 g/mol. The fraction of sp³-hybridized carbons (Fsp3) is 0.636. The van der Waals surface area contributed by atoms with E-state index in [0.717, 1.165) is 22.2 Å². The summed E-state index contributed by atoms with van der Waals surface area (Å²) in [5.41, 5.74) is 6.12. The minimum absolute atomic E-state index is 0.118. The first-order chi connectivity index (χ1) is 6.69. The molecule has 0 aromatic carbocycles. The summed E-state index contributed by atoms with van der Waals surface area (Å²) in [6.07, 6.45) is 3.45. The number of hydrogen-bond acceptors (Lipinski definition) is 2. The van der Waals surface area contributed by atoms with Gasteiger partial charge in [0.25, 0.3) is 0 Å². The molecule has 1 aromatic rings. The van der Waals surface area contributed by atoms with Gasteiger partial charge >= 0.3 is 0 Å². The van der Waals surface area contributed by atoms with Gasteiger partial charge in [-0.3, -0.25) is 0 Å². The molecule has 3 heteroatoms. The molecule has 0 aliphatic rings. The van der Waals surface area contributed by atoms with Crippen molar-refractivity contribution in [1.29, 1.82) is 0 Å². The Morgan fingerprint density at radius 3 is 2.50 bits per heavy atom. The third-order valence-electron chi connectivity index (χ3n) is 2.72. The van der Waals surface area contributed by atoms with Crippen LogP contribution in [0, 0.1) is 5.92 Å². The molecule has 0 amide bonds. The lowest BCUT2D eigenvalue weighted by molar-refractivity contribution is 0.417. The van der Waals surface area contributed by atoms with Crippen LogP contribution in [0.5, 0.6) is 0 Å². The van der Waals surface area contributed by atoms with Crippen LogP contribution >= 0.6 is 22.9 Å². The number of rotatable bonds is 5. The molecule has 0 saturated carbocycles. The van der Waals surface area contributed by atoms with Gasteiger partial charge in [0.1, 0.15) is 0 Å². The van der Waals surface area contributed by atoms with Gasteiger partial charge in [-0.15, -0.1) is 11.3 Å². The van der Waals surface area contributed by atoms with E-state index in [1.54, 1.807) is 11.3 Å². The summed E-state index contributed by atoms with van der Waals surface area (Å²) in [6, 6.07) is 2.04. The lowest BCUT2D eigenvalue weighted by atomic mass is 9.94. The second kappa shape index (κ2) is 5.74. The zero-order valence-corrected chi connectivity index (χ0v) is 10.4. The van der Waals surface area contributed by atoms with Gasteiger partial charge in [-0.2, -0.15) is 0 Å². The maximum atomic E-state index is 6.12. The van der Waals surface area contributed by atoms with Crippen LogP contribution in [0.1, 0.15) is 44.0 Å². The molecule has 0 radical (unpaired) electrons. The second-order valence-corrected chi connectivity index (χ2v) is 5.01. The van der Waals surface area contributed by atoms with Gasteiger partial charge in [-0.25, -0.2) is 0 Å². The smallest absolute Gasteiger partial charge is 0.0561 e. The third-order valence-corrected chi connectivity index (χ3v) is 4.21. The normalized spacial score (nSPS) is 13.5. The van der Waals surface area contributed by atoms with Crippen molar-refractivity contribution in [3.8, 4) is 0 Å². The number of nitrogens with two attached hydrogens (primary N) is 1. The van der Waals surface area contributed by atoms with Crippen LogP contribution in [0.3, 0.4) is 0 Å². The van der Waals surface area contributed by atoms with Crippen LogP contribution in [0.15, 0.2) is 11.4 Å². The summed E-state index contributed by atoms with van der Waals surface area (Å²) < 4.78 is 0. The van der Waals surface area contributed by atoms with Crippen LogP contribution in [-0.2, 0) is 0 Å². The van der Waals surface area contributed by atoms with Crippen molar-refractivity contribution in [2.24, 2.45) is 11.7 Å². The lowest BCUT2D eigenvalue weighted by Crippen LogP contribution is -2.14. The summed E-state index contributed by atoms with van der Waals surface area (Å²) in [7, 11) is 0. The SMILES string of the molecule is CCC(CC)CC(N)c1sccc1Cl. The molecule has 14 heavy (non-hydrogen) atoms. The Kier molecular flexibility index (Phi) is 4.93. The zero-order valence-electron chi connectivity index (χ0n) is 8.79. The van der Waals surface area contributed by atoms with E-state index in [4.69, 9.17) is 17.3 Å². The fourth-order valence-corrected chi connectivity index (χ4v) is 2.87. The van der Waals surface area contributed by atoms with E-state index in [9.17, 15) is 0 Å². The Balaban J connectivity index is 2.58. The third kappa shape index (κ3) is 2.97. The van der Waals surface area contributed by atoms with Crippen LogP contribution in [0.2, 0.25) is 5.02 Å². The maximum Gasteiger partial charge on any atom is 0.0561 e. The monoisotopic (exact) mass is 231 g/mol. The zero-order chi connectivity index (χ0) is 10.6. The molecule has 0 saturated heterocycles. The van der Waals surface area contributed by atoms with E-state index < -0.39 is 0 Å². The molecule has 0 aliphatic heterocycles. The lowest BCUT2D eigenvalue weighted by Gasteiger charge is -2.17. The van der Waals surface area contributed by atoms with Crippen molar-refractivity contribution in [2.75, 3.05) is 0 Å². The van der Waals surface area contributed by atoms with Crippen LogP contribution < -0.4 is 5.73 Å². The summed E-state index contributed by atoms with van der Waals surface area (Å²) in [5.74, 6) is 0.725. The van der Waals surface area contributed by atoms with Crippen molar-refractivity contribution in [2.45, 2.75) is 39.2 Å². The standard InChI is InChI=1S/C11H18ClNS/c1-3-8(4-2)7-10(13)11-9(12)5-6-14-11/h5-6,8,10H,3-4,7,13H2,1-2H3. The predicted octanol–water partition coefficient (Wildman–Crippen LogP) is 4.23. The summed E-state index contributed by atoms with van der Waals surface area (Å²) in [6.45, 7) is 4.44. The van der Waals surface area contributed by atoms with Gasteiger partial charge in [0.2, 0.25) is 0 Å². The average Bonchev–Trinajstić information content (AvgIpc) is 2.60.